The summed E-state index contributed by atoms with van der Waals surface area (Å²) < 4.78 is 7.26. The highest BCUT2D eigenvalue weighted by atomic mass is 16.3. The van der Waals surface area contributed by atoms with Gasteiger partial charge in [0.05, 0.1) is 28.4 Å². The number of aromatic nitrogens is 3. The van der Waals surface area contributed by atoms with Gasteiger partial charge in [0.1, 0.15) is 0 Å². The maximum atomic E-state index is 8.91. The van der Waals surface area contributed by atoms with Crippen LogP contribution in [0, 0.1) is 18.3 Å². The predicted octanol–water partition coefficient (Wildman–Crippen LogP) is 2.41. The second kappa shape index (κ2) is 3.70. The van der Waals surface area contributed by atoms with E-state index in [9.17, 15) is 0 Å². The number of aryl methyl sites for hydroxylation is 2. The summed E-state index contributed by atoms with van der Waals surface area (Å²) in [6.45, 7) is 1.87. The first-order valence-electron chi connectivity index (χ1n) is 5.47. The molecule has 0 saturated carbocycles. The van der Waals surface area contributed by atoms with Crippen molar-refractivity contribution in [2.45, 2.75) is 6.92 Å². The lowest BCUT2D eigenvalue weighted by atomic mass is 10.2. The Morgan fingerprint density at radius 3 is 2.89 bits per heavy atom. The van der Waals surface area contributed by atoms with E-state index in [4.69, 9.17) is 9.68 Å². The fourth-order valence-electron chi connectivity index (χ4n) is 1.98. The number of oxazole rings is 1. The van der Waals surface area contributed by atoms with E-state index in [2.05, 4.69) is 16.0 Å². The summed E-state index contributed by atoms with van der Waals surface area (Å²) in [5, 5.41) is 8.91. The zero-order chi connectivity index (χ0) is 12.7. The van der Waals surface area contributed by atoms with Gasteiger partial charge in [-0.3, -0.25) is 0 Å². The van der Waals surface area contributed by atoms with Crippen LogP contribution in [0.5, 0.6) is 0 Å². The lowest BCUT2D eigenvalue weighted by Gasteiger charge is -1.99. The fraction of sp³-hybridized carbons (Fsp3) is 0.154. The molecule has 0 aliphatic heterocycles. The van der Waals surface area contributed by atoms with E-state index in [1.165, 1.54) is 6.39 Å². The van der Waals surface area contributed by atoms with Gasteiger partial charge in [0.25, 0.3) is 0 Å². The number of hydrogen-bond acceptors (Lipinski definition) is 4. The molecule has 3 rings (SSSR count). The van der Waals surface area contributed by atoms with Crippen LogP contribution < -0.4 is 0 Å². The largest absolute Gasteiger partial charge is 0.440 e. The summed E-state index contributed by atoms with van der Waals surface area (Å²) in [4.78, 5) is 8.58. The lowest BCUT2D eigenvalue weighted by molar-refractivity contribution is 0.564. The highest BCUT2D eigenvalue weighted by Gasteiger charge is 2.15. The molecule has 2 heterocycles. The highest BCUT2D eigenvalue weighted by molar-refractivity contribution is 5.81. The fourth-order valence-corrected chi connectivity index (χ4v) is 1.98. The zero-order valence-corrected chi connectivity index (χ0v) is 10.0. The summed E-state index contributed by atoms with van der Waals surface area (Å²) in [5.41, 5.74) is 3.16. The Balaban J connectivity index is 2.30. The average Bonchev–Trinajstić information content (AvgIpc) is 2.93. The van der Waals surface area contributed by atoms with Crippen LogP contribution in [0.3, 0.4) is 0 Å². The molecule has 0 saturated heterocycles. The SMILES string of the molecule is Cc1ncoc1-c1nc2ccc(C#N)cc2n1C. The molecule has 5 heteroatoms. The molecule has 0 spiro atoms. The Labute approximate surface area is 103 Å². The third-order valence-electron chi connectivity index (χ3n) is 2.96. The quantitative estimate of drug-likeness (QED) is 0.652. The topological polar surface area (TPSA) is 67.6 Å². The molecule has 18 heavy (non-hydrogen) atoms. The lowest BCUT2D eigenvalue weighted by Crippen LogP contribution is -1.93. The summed E-state index contributed by atoms with van der Waals surface area (Å²) in [6, 6.07) is 7.53. The molecule has 0 N–H and O–H groups in total. The molecule has 0 radical (unpaired) electrons. The van der Waals surface area contributed by atoms with Gasteiger partial charge in [-0.05, 0) is 25.1 Å². The molecule has 0 aliphatic carbocycles. The van der Waals surface area contributed by atoms with Gasteiger partial charge in [-0.1, -0.05) is 0 Å². The van der Waals surface area contributed by atoms with E-state index in [-0.39, 0.29) is 0 Å². The van der Waals surface area contributed by atoms with Crippen molar-refractivity contribution in [1.29, 1.82) is 5.26 Å². The average molecular weight is 238 g/mol. The van der Waals surface area contributed by atoms with Crippen molar-refractivity contribution in [2.75, 3.05) is 0 Å². The first kappa shape index (κ1) is 10.5. The molecule has 0 aliphatic rings. The van der Waals surface area contributed by atoms with Gasteiger partial charge < -0.3 is 8.98 Å². The Morgan fingerprint density at radius 2 is 2.22 bits per heavy atom. The number of nitriles is 1. The molecule has 1 aromatic carbocycles. The number of hydrogen-bond donors (Lipinski definition) is 0. The van der Waals surface area contributed by atoms with E-state index >= 15 is 0 Å². The van der Waals surface area contributed by atoms with Crippen LogP contribution >= 0.6 is 0 Å². The molecule has 0 unspecified atom stereocenters. The van der Waals surface area contributed by atoms with Gasteiger partial charge >= 0.3 is 0 Å². The van der Waals surface area contributed by atoms with E-state index < -0.39 is 0 Å². The third-order valence-corrected chi connectivity index (χ3v) is 2.96. The third kappa shape index (κ3) is 1.39. The number of benzene rings is 1. The van der Waals surface area contributed by atoms with Crippen molar-refractivity contribution in [1.82, 2.24) is 14.5 Å². The minimum Gasteiger partial charge on any atom is -0.440 e. The molecule has 3 aromatic rings. The van der Waals surface area contributed by atoms with Crippen molar-refractivity contribution in [3.8, 4) is 17.7 Å². The van der Waals surface area contributed by atoms with Gasteiger partial charge in [0.2, 0.25) is 0 Å². The Bertz CT molecular complexity index is 776. The second-order valence-corrected chi connectivity index (χ2v) is 4.08. The van der Waals surface area contributed by atoms with Crippen molar-refractivity contribution in [3.05, 3.63) is 35.9 Å². The van der Waals surface area contributed by atoms with Gasteiger partial charge in [-0.15, -0.1) is 0 Å². The van der Waals surface area contributed by atoms with E-state index in [1.807, 2.05) is 30.7 Å². The standard InChI is InChI=1S/C13H10N4O/c1-8-12(18-7-15-8)13-16-10-4-3-9(6-14)5-11(10)17(13)2/h3-5,7H,1-2H3. The Hall–Kier alpha value is -2.61. The minimum atomic E-state index is 0.617. The highest BCUT2D eigenvalue weighted by Crippen LogP contribution is 2.26. The van der Waals surface area contributed by atoms with E-state index in [0.29, 0.717) is 11.3 Å². The van der Waals surface area contributed by atoms with Crippen LogP contribution in [-0.4, -0.2) is 14.5 Å². The monoisotopic (exact) mass is 238 g/mol. The van der Waals surface area contributed by atoms with Gasteiger partial charge in [-0.25, -0.2) is 9.97 Å². The first-order chi connectivity index (χ1) is 8.70. The molecule has 5 nitrogen and oxygen atoms in total. The van der Waals surface area contributed by atoms with E-state index in [1.54, 1.807) is 6.07 Å². The molecule has 0 bridgehead atoms. The first-order valence-corrected chi connectivity index (χ1v) is 5.47. The Morgan fingerprint density at radius 1 is 1.39 bits per heavy atom. The number of nitrogens with zero attached hydrogens (tertiary/aromatic N) is 4. The number of rotatable bonds is 1. The van der Waals surface area contributed by atoms with Crippen LogP contribution in [0.25, 0.3) is 22.6 Å². The molecule has 88 valence electrons. The summed E-state index contributed by atoms with van der Waals surface area (Å²) in [6.07, 6.45) is 1.41. The number of imidazole rings is 1. The molecule has 0 atom stereocenters. The summed E-state index contributed by atoms with van der Waals surface area (Å²) in [5.74, 6) is 1.38. The molecule has 0 fully saturated rings. The van der Waals surface area contributed by atoms with Crippen LogP contribution in [0.1, 0.15) is 11.3 Å². The predicted molar refractivity (Wildman–Crippen MR) is 65.7 cm³/mol. The molecule has 0 amide bonds. The van der Waals surface area contributed by atoms with Crippen molar-refractivity contribution in [2.24, 2.45) is 7.05 Å². The van der Waals surface area contributed by atoms with Gasteiger partial charge in [0.15, 0.2) is 18.0 Å². The van der Waals surface area contributed by atoms with Crippen LogP contribution in [0.2, 0.25) is 0 Å². The van der Waals surface area contributed by atoms with Gasteiger partial charge in [-0.2, -0.15) is 5.26 Å². The normalized spacial score (nSPS) is 10.7. The summed E-state index contributed by atoms with van der Waals surface area (Å²) in [7, 11) is 1.90. The van der Waals surface area contributed by atoms with Crippen molar-refractivity contribution in [3.63, 3.8) is 0 Å². The van der Waals surface area contributed by atoms with Crippen LogP contribution in [0.15, 0.2) is 29.0 Å². The van der Waals surface area contributed by atoms with E-state index in [0.717, 1.165) is 22.6 Å². The molecular weight excluding hydrogens is 228 g/mol. The summed E-state index contributed by atoms with van der Waals surface area (Å²) >= 11 is 0. The minimum absolute atomic E-state index is 0.617. The Kier molecular flexibility index (Phi) is 2.17. The smallest absolute Gasteiger partial charge is 0.192 e. The molecular formula is C13H10N4O. The van der Waals surface area contributed by atoms with Crippen LogP contribution in [-0.2, 0) is 7.05 Å². The zero-order valence-electron chi connectivity index (χ0n) is 10.0. The van der Waals surface area contributed by atoms with Crippen molar-refractivity contribution < 1.29 is 4.42 Å². The van der Waals surface area contributed by atoms with Gasteiger partial charge in [0, 0.05) is 7.05 Å². The van der Waals surface area contributed by atoms with Crippen LogP contribution in [0.4, 0.5) is 0 Å². The maximum Gasteiger partial charge on any atom is 0.192 e. The molecule has 2 aromatic heterocycles. The maximum absolute atomic E-state index is 8.91. The van der Waals surface area contributed by atoms with Crippen molar-refractivity contribution >= 4 is 11.0 Å². The number of fused-ring (bicyclic) bond motifs is 1. The second-order valence-electron chi connectivity index (χ2n) is 4.08.